The minimum Gasteiger partial charge on any atom is -0.343 e. The Kier molecular flexibility index (Phi) is 2.74. The number of nitrogens with zero attached hydrogens (tertiary/aromatic N) is 3. The Labute approximate surface area is 133 Å². The van der Waals surface area contributed by atoms with Crippen molar-refractivity contribution >= 4 is 28.8 Å². The lowest BCUT2D eigenvalue weighted by molar-refractivity contribution is 0.680. The van der Waals surface area contributed by atoms with Crippen molar-refractivity contribution < 1.29 is 0 Å². The molecule has 114 valence electrons. The molecule has 2 aliphatic rings. The van der Waals surface area contributed by atoms with E-state index in [0.717, 1.165) is 41.9 Å². The van der Waals surface area contributed by atoms with Crippen molar-refractivity contribution in [1.29, 1.82) is 0 Å². The van der Waals surface area contributed by atoms with Crippen LogP contribution in [0.2, 0.25) is 0 Å². The van der Waals surface area contributed by atoms with E-state index in [1.54, 1.807) is 6.33 Å². The molecule has 5 nitrogen and oxygen atoms in total. The summed E-state index contributed by atoms with van der Waals surface area (Å²) < 4.78 is 0. The van der Waals surface area contributed by atoms with Crippen LogP contribution < -0.4 is 5.32 Å². The minimum atomic E-state index is 0.790. The summed E-state index contributed by atoms with van der Waals surface area (Å²) in [6.45, 7) is 0.790. The third kappa shape index (κ3) is 2.04. The molecule has 3 heterocycles. The summed E-state index contributed by atoms with van der Waals surface area (Å²) >= 11 is 0. The average molecular weight is 303 g/mol. The number of aromatic amines is 1. The fourth-order valence-electron chi connectivity index (χ4n) is 3.64. The van der Waals surface area contributed by atoms with Gasteiger partial charge in [-0.3, -0.25) is 4.99 Å². The minimum absolute atomic E-state index is 0.790. The van der Waals surface area contributed by atoms with E-state index < -0.39 is 0 Å². The van der Waals surface area contributed by atoms with Gasteiger partial charge in [-0.15, -0.1) is 0 Å². The summed E-state index contributed by atoms with van der Waals surface area (Å²) in [7, 11) is 0. The smallest absolute Gasteiger partial charge is 0.143 e. The summed E-state index contributed by atoms with van der Waals surface area (Å²) in [6, 6.07) is 6.37. The maximum atomic E-state index is 4.50. The molecule has 1 aliphatic heterocycles. The maximum Gasteiger partial charge on any atom is 0.143 e. The number of H-pyrrole nitrogens is 1. The molecule has 0 unspecified atom stereocenters. The molecule has 0 spiro atoms. The molecular formula is C18H17N5. The van der Waals surface area contributed by atoms with E-state index in [1.807, 2.05) is 6.21 Å². The molecule has 5 rings (SSSR count). The number of aromatic nitrogens is 3. The topological polar surface area (TPSA) is 66.0 Å². The first-order valence-electron chi connectivity index (χ1n) is 8.13. The van der Waals surface area contributed by atoms with E-state index in [1.165, 1.54) is 35.2 Å². The Morgan fingerprint density at radius 2 is 2.04 bits per heavy atom. The van der Waals surface area contributed by atoms with Gasteiger partial charge in [-0.1, -0.05) is 6.07 Å². The van der Waals surface area contributed by atoms with Crippen molar-refractivity contribution in [2.75, 3.05) is 5.32 Å². The number of anilines is 2. The van der Waals surface area contributed by atoms with Crippen LogP contribution in [0.1, 0.15) is 35.2 Å². The van der Waals surface area contributed by atoms with Gasteiger partial charge in [-0.2, -0.15) is 0 Å². The Morgan fingerprint density at radius 3 is 3.04 bits per heavy atom. The van der Waals surface area contributed by atoms with Gasteiger partial charge in [0.2, 0.25) is 0 Å². The first kappa shape index (κ1) is 12.8. The van der Waals surface area contributed by atoms with Gasteiger partial charge in [0, 0.05) is 17.6 Å². The summed E-state index contributed by atoms with van der Waals surface area (Å²) in [6.07, 6.45) is 8.27. The van der Waals surface area contributed by atoms with Gasteiger partial charge in [0.1, 0.15) is 17.8 Å². The molecule has 1 aromatic carbocycles. The van der Waals surface area contributed by atoms with Gasteiger partial charge in [-0.05, 0) is 54.5 Å². The number of hydrogen-bond acceptors (Lipinski definition) is 4. The first-order valence-corrected chi connectivity index (χ1v) is 8.13. The van der Waals surface area contributed by atoms with Crippen LogP contribution in [0.4, 0.5) is 11.5 Å². The highest BCUT2D eigenvalue weighted by molar-refractivity contribution is 5.94. The standard InChI is InChI=1S/C18H17N5/c1-2-4-15-14(3-1)16-17(20-10-21-18(16)23-15)22-13-6-5-11-8-19-9-12(11)7-13/h5-7,9-10H,1-4,8H2,(H2,20,21,22,23). The number of aryl methyl sites for hydroxylation is 2. The highest BCUT2D eigenvalue weighted by atomic mass is 15.0. The molecule has 0 atom stereocenters. The molecule has 0 amide bonds. The summed E-state index contributed by atoms with van der Waals surface area (Å²) in [5, 5.41) is 4.63. The van der Waals surface area contributed by atoms with E-state index in [0.29, 0.717) is 0 Å². The van der Waals surface area contributed by atoms with Gasteiger partial charge < -0.3 is 10.3 Å². The molecule has 5 heteroatoms. The van der Waals surface area contributed by atoms with Gasteiger partial charge in [0.15, 0.2) is 0 Å². The number of rotatable bonds is 2. The molecule has 0 saturated carbocycles. The zero-order valence-electron chi connectivity index (χ0n) is 12.8. The lowest BCUT2D eigenvalue weighted by Gasteiger charge is -2.12. The predicted molar refractivity (Wildman–Crippen MR) is 91.6 cm³/mol. The summed E-state index contributed by atoms with van der Waals surface area (Å²) in [5.41, 5.74) is 7.17. The first-order chi connectivity index (χ1) is 11.4. The Balaban J connectivity index is 1.60. The van der Waals surface area contributed by atoms with E-state index in [9.17, 15) is 0 Å². The van der Waals surface area contributed by atoms with Crippen molar-refractivity contribution in [3.8, 4) is 0 Å². The van der Waals surface area contributed by atoms with Crippen molar-refractivity contribution in [3.05, 3.63) is 46.9 Å². The van der Waals surface area contributed by atoms with E-state index in [-0.39, 0.29) is 0 Å². The zero-order valence-corrected chi connectivity index (χ0v) is 12.8. The van der Waals surface area contributed by atoms with Gasteiger partial charge in [-0.25, -0.2) is 9.97 Å². The van der Waals surface area contributed by atoms with Crippen LogP contribution in [0.15, 0.2) is 29.5 Å². The second-order valence-corrected chi connectivity index (χ2v) is 6.24. The second kappa shape index (κ2) is 4.91. The third-order valence-corrected chi connectivity index (χ3v) is 4.79. The normalized spacial score (nSPS) is 15.7. The fraction of sp³-hybridized carbons (Fsp3) is 0.278. The van der Waals surface area contributed by atoms with Crippen LogP contribution in [0.5, 0.6) is 0 Å². The van der Waals surface area contributed by atoms with Gasteiger partial charge in [0.25, 0.3) is 0 Å². The quantitative estimate of drug-likeness (QED) is 0.761. The molecule has 1 aliphatic carbocycles. The highest BCUT2D eigenvalue weighted by Crippen LogP contribution is 2.33. The fourth-order valence-corrected chi connectivity index (χ4v) is 3.64. The average Bonchev–Trinajstić information content (AvgIpc) is 3.18. The molecule has 0 saturated heterocycles. The van der Waals surface area contributed by atoms with E-state index >= 15 is 0 Å². The molecule has 0 bridgehead atoms. The van der Waals surface area contributed by atoms with Crippen LogP contribution in [-0.2, 0) is 19.4 Å². The molecule has 0 radical (unpaired) electrons. The monoisotopic (exact) mass is 303 g/mol. The van der Waals surface area contributed by atoms with E-state index in [4.69, 9.17) is 0 Å². The lowest BCUT2D eigenvalue weighted by Crippen LogP contribution is -2.02. The summed E-state index contributed by atoms with van der Waals surface area (Å²) in [5.74, 6) is 0.893. The lowest BCUT2D eigenvalue weighted by atomic mass is 9.96. The van der Waals surface area contributed by atoms with Crippen molar-refractivity contribution in [3.63, 3.8) is 0 Å². The van der Waals surface area contributed by atoms with Crippen LogP contribution in [-0.4, -0.2) is 21.2 Å². The number of benzene rings is 1. The van der Waals surface area contributed by atoms with Crippen LogP contribution in [0.3, 0.4) is 0 Å². The second-order valence-electron chi connectivity index (χ2n) is 6.24. The van der Waals surface area contributed by atoms with Gasteiger partial charge >= 0.3 is 0 Å². The molecular weight excluding hydrogens is 286 g/mol. The molecule has 3 aromatic rings. The number of aliphatic imine (C=N–C) groups is 1. The van der Waals surface area contributed by atoms with Gasteiger partial charge in [0.05, 0.1) is 11.9 Å². The largest absolute Gasteiger partial charge is 0.343 e. The Bertz CT molecular complexity index is 938. The molecule has 2 N–H and O–H groups in total. The SMILES string of the molecule is C1=NCc2ccc(Nc3ncnc4[nH]c5c(c34)CCCC5)cc21. The molecule has 2 aromatic heterocycles. The third-order valence-electron chi connectivity index (χ3n) is 4.79. The van der Waals surface area contributed by atoms with Crippen molar-refractivity contribution in [2.24, 2.45) is 4.99 Å². The zero-order chi connectivity index (χ0) is 15.2. The van der Waals surface area contributed by atoms with Crippen molar-refractivity contribution in [2.45, 2.75) is 32.2 Å². The maximum absolute atomic E-state index is 4.50. The van der Waals surface area contributed by atoms with E-state index in [2.05, 4.69) is 43.5 Å². The molecule has 23 heavy (non-hydrogen) atoms. The highest BCUT2D eigenvalue weighted by Gasteiger charge is 2.19. The van der Waals surface area contributed by atoms with Crippen LogP contribution in [0, 0.1) is 0 Å². The molecule has 0 fully saturated rings. The number of fused-ring (bicyclic) bond motifs is 4. The van der Waals surface area contributed by atoms with Crippen molar-refractivity contribution in [1.82, 2.24) is 15.0 Å². The number of nitrogens with one attached hydrogen (secondary N) is 2. The Morgan fingerprint density at radius 1 is 1.09 bits per heavy atom. The predicted octanol–water partition coefficient (Wildman–Crippen LogP) is 3.51. The van der Waals surface area contributed by atoms with Crippen LogP contribution in [0.25, 0.3) is 11.0 Å². The Hall–Kier alpha value is -2.69. The van der Waals surface area contributed by atoms with Crippen LogP contribution >= 0.6 is 0 Å². The number of hydrogen-bond donors (Lipinski definition) is 2. The summed E-state index contributed by atoms with van der Waals surface area (Å²) in [4.78, 5) is 16.7.